The SMILES string of the molecule is CCOc1ccc(CNC2CCCCC2(C)C)cc1. The van der Waals surface area contributed by atoms with Gasteiger partial charge in [0.1, 0.15) is 5.75 Å². The van der Waals surface area contributed by atoms with Crippen molar-refractivity contribution in [3.05, 3.63) is 29.8 Å². The van der Waals surface area contributed by atoms with Crippen LogP contribution in [0.1, 0.15) is 52.0 Å². The first-order valence-electron chi connectivity index (χ1n) is 7.57. The highest BCUT2D eigenvalue weighted by molar-refractivity contribution is 5.27. The van der Waals surface area contributed by atoms with E-state index in [9.17, 15) is 0 Å². The van der Waals surface area contributed by atoms with Crippen molar-refractivity contribution in [2.75, 3.05) is 6.61 Å². The van der Waals surface area contributed by atoms with E-state index in [1.807, 2.05) is 6.92 Å². The van der Waals surface area contributed by atoms with Crippen LogP contribution in [0.3, 0.4) is 0 Å². The molecule has 0 aromatic heterocycles. The number of rotatable bonds is 5. The van der Waals surface area contributed by atoms with E-state index in [1.165, 1.54) is 31.2 Å². The average molecular weight is 261 g/mol. The van der Waals surface area contributed by atoms with Gasteiger partial charge in [-0.1, -0.05) is 38.8 Å². The van der Waals surface area contributed by atoms with Crippen molar-refractivity contribution in [1.82, 2.24) is 5.32 Å². The molecular weight excluding hydrogens is 234 g/mol. The lowest BCUT2D eigenvalue weighted by atomic mass is 9.73. The third-order valence-corrected chi connectivity index (χ3v) is 4.29. The summed E-state index contributed by atoms with van der Waals surface area (Å²) in [6.07, 6.45) is 5.40. The lowest BCUT2D eigenvalue weighted by Crippen LogP contribution is -2.43. The first-order valence-corrected chi connectivity index (χ1v) is 7.57. The Morgan fingerprint density at radius 1 is 1.21 bits per heavy atom. The van der Waals surface area contributed by atoms with Gasteiger partial charge < -0.3 is 10.1 Å². The Balaban J connectivity index is 1.87. The van der Waals surface area contributed by atoms with E-state index >= 15 is 0 Å². The maximum Gasteiger partial charge on any atom is 0.119 e. The molecule has 0 aliphatic heterocycles. The van der Waals surface area contributed by atoms with Crippen molar-refractivity contribution in [2.45, 2.75) is 59.0 Å². The molecule has 0 heterocycles. The highest BCUT2D eigenvalue weighted by Crippen LogP contribution is 2.35. The largest absolute Gasteiger partial charge is 0.494 e. The predicted molar refractivity (Wildman–Crippen MR) is 80.5 cm³/mol. The first kappa shape index (κ1) is 14.4. The van der Waals surface area contributed by atoms with Gasteiger partial charge in [0.2, 0.25) is 0 Å². The van der Waals surface area contributed by atoms with Crippen LogP contribution in [-0.2, 0) is 6.54 Å². The summed E-state index contributed by atoms with van der Waals surface area (Å²) >= 11 is 0. The third kappa shape index (κ3) is 3.97. The topological polar surface area (TPSA) is 21.3 Å². The molecule has 1 saturated carbocycles. The molecule has 1 aromatic rings. The number of benzene rings is 1. The van der Waals surface area contributed by atoms with Crippen LogP contribution in [0.25, 0.3) is 0 Å². The number of nitrogens with one attached hydrogen (secondary N) is 1. The minimum atomic E-state index is 0.434. The minimum absolute atomic E-state index is 0.434. The molecule has 0 bridgehead atoms. The van der Waals surface area contributed by atoms with Gasteiger partial charge in [-0.15, -0.1) is 0 Å². The number of ether oxygens (including phenoxy) is 1. The molecular formula is C17H27NO. The minimum Gasteiger partial charge on any atom is -0.494 e. The Morgan fingerprint density at radius 3 is 2.58 bits per heavy atom. The van der Waals surface area contributed by atoms with Gasteiger partial charge in [-0.3, -0.25) is 0 Å². The summed E-state index contributed by atoms with van der Waals surface area (Å²) in [5.74, 6) is 0.962. The van der Waals surface area contributed by atoms with Crippen LogP contribution in [-0.4, -0.2) is 12.6 Å². The van der Waals surface area contributed by atoms with Crippen LogP contribution in [0.15, 0.2) is 24.3 Å². The molecule has 1 aliphatic carbocycles. The zero-order valence-electron chi connectivity index (χ0n) is 12.5. The van der Waals surface area contributed by atoms with E-state index in [2.05, 4.69) is 43.4 Å². The standard InChI is InChI=1S/C17H27NO/c1-4-19-15-10-8-14(9-11-15)13-18-16-7-5-6-12-17(16,2)3/h8-11,16,18H,4-7,12-13H2,1-3H3. The first-order chi connectivity index (χ1) is 9.12. The van der Waals surface area contributed by atoms with Crippen molar-refractivity contribution >= 4 is 0 Å². The predicted octanol–water partition coefficient (Wildman–Crippen LogP) is 4.14. The molecule has 19 heavy (non-hydrogen) atoms. The summed E-state index contributed by atoms with van der Waals surface area (Å²) in [6.45, 7) is 8.49. The van der Waals surface area contributed by atoms with E-state index < -0.39 is 0 Å². The highest BCUT2D eigenvalue weighted by atomic mass is 16.5. The Morgan fingerprint density at radius 2 is 1.95 bits per heavy atom. The molecule has 1 N–H and O–H groups in total. The average Bonchev–Trinajstić information content (AvgIpc) is 2.39. The second-order valence-electron chi connectivity index (χ2n) is 6.24. The number of hydrogen-bond donors (Lipinski definition) is 1. The maximum absolute atomic E-state index is 5.47. The lowest BCUT2D eigenvalue weighted by molar-refractivity contribution is 0.167. The van der Waals surface area contributed by atoms with Crippen LogP contribution in [0.4, 0.5) is 0 Å². The fraction of sp³-hybridized carbons (Fsp3) is 0.647. The van der Waals surface area contributed by atoms with Crippen LogP contribution in [0, 0.1) is 5.41 Å². The molecule has 2 heteroatoms. The van der Waals surface area contributed by atoms with Gasteiger partial charge in [0.15, 0.2) is 0 Å². The van der Waals surface area contributed by atoms with Crippen molar-refractivity contribution in [1.29, 1.82) is 0 Å². The molecule has 1 atom stereocenters. The molecule has 106 valence electrons. The fourth-order valence-corrected chi connectivity index (χ4v) is 2.98. The van der Waals surface area contributed by atoms with Gasteiger partial charge in [-0.2, -0.15) is 0 Å². The van der Waals surface area contributed by atoms with Crippen LogP contribution >= 0.6 is 0 Å². The molecule has 1 aromatic carbocycles. The Kier molecular flexibility index (Phi) is 4.87. The summed E-state index contributed by atoms with van der Waals surface area (Å²) in [5, 5.41) is 3.74. The van der Waals surface area contributed by atoms with Gasteiger partial charge in [0.25, 0.3) is 0 Å². The molecule has 0 spiro atoms. The highest BCUT2D eigenvalue weighted by Gasteiger charge is 2.31. The van der Waals surface area contributed by atoms with Crippen molar-refractivity contribution < 1.29 is 4.74 Å². The van der Waals surface area contributed by atoms with Gasteiger partial charge in [0, 0.05) is 12.6 Å². The van der Waals surface area contributed by atoms with Crippen molar-refractivity contribution in [3.8, 4) is 5.75 Å². The molecule has 2 rings (SSSR count). The van der Waals surface area contributed by atoms with E-state index in [-0.39, 0.29) is 0 Å². The van der Waals surface area contributed by atoms with Crippen LogP contribution < -0.4 is 10.1 Å². The van der Waals surface area contributed by atoms with Gasteiger partial charge in [-0.05, 0) is 42.9 Å². The Labute approximate surface area is 117 Å². The summed E-state index contributed by atoms with van der Waals surface area (Å²) in [6, 6.07) is 9.09. The van der Waals surface area contributed by atoms with E-state index in [1.54, 1.807) is 0 Å². The van der Waals surface area contributed by atoms with Crippen molar-refractivity contribution in [3.63, 3.8) is 0 Å². The van der Waals surface area contributed by atoms with Gasteiger partial charge in [0.05, 0.1) is 6.61 Å². The Bertz CT molecular complexity index is 383. The second-order valence-corrected chi connectivity index (χ2v) is 6.24. The molecule has 0 radical (unpaired) electrons. The second kappa shape index (κ2) is 6.42. The van der Waals surface area contributed by atoms with Crippen LogP contribution in [0.2, 0.25) is 0 Å². The van der Waals surface area contributed by atoms with Gasteiger partial charge >= 0.3 is 0 Å². The lowest BCUT2D eigenvalue weighted by Gasteiger charge is -2.39. The van der Waals surface area contributed by atoms with Crippen molar-refractivity contribution in [2.24, 2.45) is 5.41 Å². The zero-order valence-corrected chi connectivity index (χ0v) is 12.5. The van der Waals surface area contributed by atoms with Gasteiger partial charge in [-0.25, -0.2) is 0 Å². The molecule has 0 amide bonds. The molecule has 1 aliphatic rings. The summed E-state index contributed by atoms with van der Waals surface area (Å²) in [4.78, 5) is 0. The summed E-state index contributed by atoms with van der Waals surface area (Å²) in [7, 11) is 0. The molecule has 0 saturated heterocycles. The molecule has 1 fully saturated rings. The maximum atomic E-state index is 5.47. The summed E-state index contributed by atoms with van der Waals surface area (Å²) in [5.41, 5.74) is 1.77. The third-order valence-electron chi connectivity index (χ3n) is 4.29. The normalized spacial score (nSPS) is 22.2. The smallest absolute Gasteiger partial charge is 0.119 e. The quantitative estimate of drug-likeness (QED) is 0.860. The zero-order chi connectivity index (χ0) is 13.7. The summed E-state index contributed by atoms with van der Waals surface area (Å²) < 4.78 is 5.47. The van der Waals surface area contributed by atoms with E-state index in [0.29, 0.717) is 11.5 Å². The van der Waals surface area contributed by atoms with E-state index in [0.717, 1.165) is 18.9 Å². The van der Waals surface area contributed by atoms with E-state index in [4.69, 9.17) is 4.74 Å². The fourth-order valence-electron chi connectivity index (χ4n) is 2.98. The number of hydrogen-bond acceptors (Lipinski definition) is 2. The Hall–Kier alpha value is -1.02. The monoisotopic (exact) mass is 261 g/mol. The van der Waals surface area contributed by atoms with Crippen LogP contribution in [0.5, 0.6) is 5.75 Å². The molecule has 2 nitrogen and oxygen atoms in total. The molecule has 1 unspecified atom stereocenters.